The normalized spacial score (nSPS) is 14.3. The Balaban J connectivity index is 1.30. The summed E-state index contributed by atoms with van der Waals surface area (Å²) in [4.78, 5) is 17.1. The Morgan fingerprint density at radius 3 is 2.42 bits per heavy atom. The number of sulfone groups is 1. The number of hydrogen-bond acceptors (Lipinski definition) is 11. The number of hydrogen-bond donors (Lipinski definition) is 1. The molecule has 5 rings (SSSR count). The van der Waals surface area contributed by atoms with Crippen molar-refractivity contribution < 1.29 is 27.0 Å². The van der Waals surface area contributed by atoms with Gasteiger partial charge >= 0.3 is 0 Å². The Morgan fingerprint density at radius 1 is 1.04 bits per heavy atom. The van der Waals surface area contributed by atoms with E-state index in [4.69, 9.17) is 24.2 Å². The van der Waals surface area contributed by atoms with Crippen LogP contribution in [0.3, 0.4) is 0 Å². The van der Waals surface area contributed by atoms with Crippen LogP contribution in [0, 0.1) is 5.82 Å². The van der Waals surface area contributed by atoms with E-state index in [1.807, 2.05) is 24.3 Å². The fourth-order valence-electron chi connectivity index (χ4n) is 5.07. The third kappa shape index (κ3) is 8.68. The SMILES string of the molecule is CCCc1nc(-c2cc(OC)cc(OC)c2)c(-c2ccnc(Nc3ccc(OC4CCN(CCS(C)(=O)=O)CC4)c(F)c3)n2)s1. The predicted octanol–water partition coefficient (Wildman–Crippen LogP) is 6.01. The molecular formula is C32H38FN5O5S2. The van der Waals surface area contributed by atoms with Crippen molar-refractivity contribution in [1.29, 1.82) is 0 Å². The fraction of sp³-hybridized carbons (Fsp3) is 0.406. The number of aryl methyl sites for hydroxylation is 1. The number of rotatable bonds is 13. The Kier molecular flexibility index (Phi) is 10.5. The maximum atomic E-state index is 15.1. The number of methoxy groups -OCH3 is 2. The first kappa shape index (κ1) is 32.6. The number of nitrogens with zero attached hydrogens (tertiary/aromatic N) is 4. The molecule has 240 valence electrons. The van der Waals surface area contributed by atoms with Gasteiger partial charge in [-0.05, 0) is 56.0 Å². The highest BCUT2D eigenvalue weighted by Crippen LogP contribution is 2.39. The van der Waals surface area contributed by atoms with Crippen molar-refractivity contribution in [3.05, 3.63) is 59.5 Å². The Bertz CT molecular complexity index is 1700. The molecule has 2 aromatic carbocycles. The van der Waals surface area contributed by atoms with Gasteiger partial charge in [0.15, 0.2) is 11.6 Å². The van der Waals surface area contributed by atoms with Crippen LogP contribution in [0.4, 0.5) is 16.0 Å². The second-order valence-corrected chi connectivity index (χ2v) is 14.3. The summed E-state index contributed by atoms with van der Waals surface area (Å²) in [6, 6.07) is 12.2. The fourth-order valence-corrected chi connectivity index (χ4v) is 6.82. The molecule has 1 saturated heterocycles. The lowest BCUT2D eigenvalue weighted by molar-refractivity contribution is 0.100. The van der Waals surface area contributed by atoms with Crippen molar-refractivity contribution >= 4 is 32.8 Å². The highest BCUT2D eigenvalue weighted by atomic mass is 32.2. The average molecular weight is 656 g/mol. The van der Waals surface area contributed by atoms with Gasteiger partial charge in [0.1, 0.15) is 27.4 Å². The first-order valence-electron chi connectivity index (χ1n) is 14.8. The van der Waals surface area contributed by atoms with Crippen LogP contribution in [-0.2, 0) is 16.3 Å². The van der Waals surface area contributed by atoms with Crippen LogP contribution in [0.1, 0.15) is 31.2 Å². The summed E-state index contributed by atoms with van der Waals surface area (Å²) in [7, 11) is 0.224. The van der Waals surface area contributed by atoms with E-state index in [-0.39, 0.29) is 17.6 Å². The lowest BCUT2D eigenvalue weighted by Crippen LogP contribution is -2.40. The lowest BCUT2D eigenvalue weighted by Gasteiger charge is -2.32. The summed E-state index contributed by atoms with van der Waals surface area (Å²) in [5.74, 6) is 1.47. The van der Waals surface area contributed by atoms with Crippen molar-refractivity contribution in [2.75, 3.05) is 51.2 Å². The van der Waals surface area contributed by atoms with Gasteiger partial charge in [0, 0.05) is 55.5 Å². The first-order chi connectivity index (χ1) is 21.6. The number of benzene rings is 2. The second kappa shape index (κ2) is 14.5. The molecule has 0 bridgehead atoms. The van der Waals surface area contributed by atoms with E-state index in [0.717, 1.165) is 34.0 Å². The first-order valence-corrected chi connectivity index (χ1v) is 17.7. The molecule has 0 spiro atoms. The van der Waals surface area contributed by atoms with E-state index in [1.165, 1.54) is 12.3 Å². The molecule has 13 heteroatoms. The van der Waals surface area contributed by atoms with Crippen molar-refractivity contribution in [3.8, 4) is 39.1 Å². The molecule has 1 fully saturated rings. The molecule has 0 unspecified atom stereocenters. The summed E-state index contributed by atoms with van der Waals surface area (Å²) in [6.45, 7) is 4.04. The molecule has 2 aromatic heterocycles. The molecule has 3 heterocycles. The number of likely N-dealkylation sites (tertiary alicyclic amines) is 1. The van der Waals surface area contributed by atoms with Gasteiger partial charge in [-0.25, -0.2) is 27.8 Å². The smallest absolute Gasteiger partial charge is 0.227 e. The van der Waals surface area contributed by atoms with Crippen LogP contribution in [0.25, 0.3) is 21.8 Å². The maximum Gasteiger partial charge on any atom is 0.227 e. The number of ether oxygens (including phenoxy) is 3. The molecular weight excluding hydrogens is 618 g/mol. The molecule has 0 radical (unpaired) electrons. The molecule has 0 amide bonds. The van der Waals surface area contributed by atoms with Gasteiger partial charge < -0.3 is 24.4 Å². The number of aromatic nitrogens is 3. The lowest BCUT2D eigenvalue weighted by atomic mass is 10.1. The van der Waals surface area contributed by atoms with Crippen LogP contribution in [0.2, 0.25) is 0 Å². The van der Waals surface area contributed by atoms with Gasteiger partial charge in [-0.15, -0.1) is 11.3 Å². The van der Waals surface area contributed by atoms with E-state index in [9.17, 15) is 8.42 Å². The molecule has 1 aliphatic rings. The Hall–Kier alpha value is -3.81. The van der Waals surface area contributed by atoms with E-state index >= 15 is 4.39 Å². The summed E-state index contributed by atoms with van der Waals surface area (Å²) >= 11 is 1.58. The van der Waals surface area contributed by atoms with E-state index < -0.39 is 15.7 Å². The van der Waals surface area contributed by atoms with Gasteiger partial charge in [-0.3, -0.25) is 0 Å². The van der Waals surface area contributed by atoms with Gasteiger partial charge in [0.05, 0.1) is 41.2 Å². The van der Waals surface area contributed by atoms with Gasteiger partial charge in [0.25, 0.3) is 0 Å². The zero-order chi connectivity index (χ0) is 32.0. The third-order valence-corrected chi connectivity index (χ3v) is 9.50. The molecule has 0 saturated carbocycles. The van der Waals surface area contributed by atoms with Gasteiger partial charge in [-0.2, -0.15) is 0 Å². The Morgan fingerprint density at radius 2 is 1.78 bits per heavy atom. The molecule has 1 N–H and O–H groups in total. The standard InChI is InChI=1S/C32H38FN5O5S2/c1-5-6-29-37-30(21-17-24(41-2)20-25(18-21)42-3)31(44-29)27-9-12-34-32(36-27)35-22-7-8-28(26(33)19-22)43-23-10-13-38(14-11-23)15-16-45(4,39)40/h7-9,12,17-20,23H,5-6,10-11,13-16H2,1-4H3,(H,34,35,36). The van der Waals surface area contributed by atoms with E-state index in [0.29, 0.717) is 61.3 Å². The van der Waals surface area contributed by atoms with Crippen LogP contribution in [0.5, 0.6) is 17.2 Å². The third-order valence-electron chi connectivity index (χ3n) is 7.44. The highest BCUT2D eigenvalue weighted by molar-refractivity contribution is 7.90. The van der Waals surface area contributed by atoms with Gasteiger partial charge in [0.2, 0.25) is 5.95 Å². The molecule has 10 nitrogen and oxygen atoms in total. The zero-order valence-electron chi connectivity index (χ0n) is 25.9. The molecule has 0 aliphatic carbocycles. The number of thiazole rings is 1. The topological polar surface area (TPSA) is 116 Å². The maximum absolute atomic E-state index is 15.1. The van der Waals surface area contributed by atoms with Crippen molar-refractivity contribution in [3.63, 3.8) is 0 Å². The molecule has 1 aliphatic heterocycles. The largest absolute Gasteiger partial charge is 0.497 e. The summed E-state index contributed by atoms with van der Waals surface area (Å²) < 4.78 is 55.0. The number of nitrogens with one attached hydrogen (secondary N) is 1. The number of halogens is 1. The van der Waals surface area contributed by atoms with Crippen LogP contribution < -0.4 is 19.5 Å². The zero-order valence-corrected chi connectivity index (χ0v) is 27.5. The summed E-state index contributed by atoms with van der Waals surface area (Å²) in [5, 5.41) is 4.11. The second-order valence-electron chi connectivity index (χ2n) is 11.0. The van der Waals surface area contributed by atoms with E-state index in [2.05, 4.69) is 22.1 Å². The monoisotopic (exact) mass is 655 g/mol. The number of anilines is 2. The van der Waals surface area contributed by atoms with Crippen LogP contribution in [0.15, 0.2) is 48.7 Å². The molecule has 4 aromatic rings. The average Bonchev–Trinajstić information content (AvgIpc) is 3.46. The number of piperidine rings is 1. The Labute approximate surface area is 267 Å². The summed E-state index contributed by atoms with van der Waals surface area (Å²) in [5.41, 5.74) is 2.80. The minimum atomic E-state index is -3.00. The van der Waals surface area contributed by atoms with Gasteiger partial charge in [-0.1, -0.05) is 6.92 Å². The van der Waals surface area contributed by atoms with Crippen molar-refractivity contribution in [2.45, 2.75) is 38.7 Å². The quantitative estimate of drug-likeness (QED) is 0.184. The molecule has 0 atom stereocenters. The van der Waals surface area contributed by atoms with Crippen molar-refractivity contribution in [1.82, 2.24) is 19.9 Å². The predicted molar refractivity (Wildman–Crippen MR) is 175 cm³/mol. The van der Waals surface area contributed by atoms with Crippen LogP contribution in [-0.4, -0.2) is 80.2 Å². The minimum Gasteiger partial charge on any atom is -0.497 e. The van der Waals surface area contributed by atoms with Crippen molar-refractivity contribution in [2.24, 2.45) is 0 Å². The summed E-state index contributed by atoms with van der Waals surface area (Å²) in [6.07, 6.45) is 5.97. The minimum absolute atomic E-state index is 0.136. The molecule has 45 heavy (non-hydrogen) atoms. The van der Waals surface area contributed by atoms with E-state index in [1.54, 1.807) is 43.9 Å². The van der Waals surface area contributed by atoms with Crippen LogP contribution >= 0.6 is 11.3 Å². The highest BCUT2D eigenvalue weighted by Gasteiger charge is 2.23.